The van der Waals surface area contributed by atoms with Gasteiger partial charge in [0, 0.05) is 15.5 Å². The quantitative estimate of drug-likeness (QED) is 0.792. The minimum absolute atomic E-state index is 0.604. The molecular weight excluding hydrogens is 252 g/mol. The number of aromatic nitrogens is 2. The van der Waals surface area contributed by atoms with Crippen molar-refractivity contribution in [2.75, 3.05) is 0 Å². The summed E-state index contributed by atoms with van der Waals surface area (Å²) in [6.45, 7) is 0. The fourth-order valence-corrected chi connectivity index (χ4v) is 2.80. The number of hydrogen-bond acceptors (Lipinski definition) is 5. The average molecular weight is 257 g/mol. The summed E-state index contributed by atoms with van der Waals surface area (Å²) in [5, 5.41) is 8.22. The van der Waals surface area contributed by atoms with Crippen molar-refractivity contribution in [1.29, 1.82) is 0 Å². The lowest BCUT2D eigenvalue weighted by atomic mass is 10.2. The van der Waals surface area contributed by atoms with Gasteiger partial charge in [-0.1, -0.05) is 34.7 Å². The smallest absolute Gasteiger partial charge is 0.178 e. The van der Waals surface area contributed by atoms with Crippen molar-refractivity contribution in [3.63, 3.8) is 0 Å². The topological polar surface area (TPSA) is 42.9 Å². The number of benzene rings is 1. The molecule has 0 aliphatic rings. The van der Waals surface area contributed by atoms with Crippen LogP contribution < -0.4 is 0 Å². The van der Waals surface area contributed by atoms with Gasteiger partial charge in [0.25, 0.3) is 0 Å². The molecule has 0 bridgehead atoms. The number of rotatable bonds is 3. The summed E-state index contributed by atoms with van der Waals surface area (Å²) in [7, 11) is 0. The lowest BCUT2D eigenvalue weighted by Gasteiger charge is -2.01. The molecule has 2 aromatic rings. The highest BCUT2D eigenvalue weighted by molar-refractivity contribution is 8.01. The zero-order valence-electron chi connectivity index (χ0n) is 7.38. The average Bonchev–Trinajstić information content (AvgIpc) is 2.71. The molecule has 0 unspecified atom stereocenters. The van der Waals surface area contributed by atoms with Gasteiger partial charge in [-0.3, -0.25) is 4.79 Å². The van der Waals surface area contributed by atoms with Crippen LogP contribution in [0.1, 0.15) is 10.4 Å². The van der Waals surface area contributed by atoms with Gasteiger partial charge in [-0.25, -0.2) is 0 Å². The molecule has 0 atom stereocenters. The number of hydrogen-bond donors (Lipinski definition) is 0. The van der Waals surface area contributed by atoms with E-state index in [1.54, 1.807) is 23.7 Å². The Labute approximate surface area is 99.5 Å². The van der Waals surface area contributed by atoms with E-state index in [1.807, 2.05) is 0 Å². The number of carbonyl (C=O) groups is 1. The van der Waals surface area contributed by atoms with Gasteiger partial charge in [-0.2, -0.15) is 0 Å². The second-order valence-corrected chi connectivity index (χ2v) is 5.17. The molecule has 0 saturated heterocycles. The van der Waals surface area contributed by atoms with Crippen LogP contribution in [-0.4, -0.2) is 16.5 Å². The molecule has 1 aromatic carbocycles. The number of aldehydes is 1. The highest BCUT2D eigenvalue weighted by Crippen LogP contribution is 2.32. The zero-order chi connectivity index (χ0) is 10.7. The molecule has 6 heteroatoms. The monoisotopic (exact) mass is 256 g/mol. The van der Waals surface area contributed by atoms with Crippen molar-refractivity contribution in [3.05, 3.63) is 34.3 Å². The first-order valence-electron chi connectivity index (χ1n) is 3.98. The first-order chi connectivity index (χ1) is 7.29. The minimum Gasteiger partial charge on any atom is -0.298 e. The fourth-order valence-electron chi connectivity index (χ4n) is 0.995. The van der Waals surface area contributed by atoms with Crippen LogP contribution in [-0.2, 0) is 0 Å². The van der Waals surface area contributed by atoms with Crippen molar-refractivity contribution in [3.8, 4) is 0 Å². The molecule has 2 rings (SSSR count). The summed E-state index contributed by atoms with van der Waals surface area (Å²) in [5.41, 5.74) is 2.26. The Morgan fingerprint density at radius 1 is 1.47 bits per heavy atom. The summed E-state index contributed by atoms with van der Waals surface area (Å²) in [6.07, 6.45) is 0.805. The third-order valence-electron chi connectivity index (χ3n) is 1.64. The van der Waals surface area contributed by atoms with Crippen LogP contribution in [0.4, 0.5) is 0 Å². The van der Waals surface area contributed by atoms with Crippen molar-refractivity contribution < 1.29 is 4.79 Å². The molecule has 0 saturated carbocycles. The Balaban J connectivity index is 2.34. The predicted octanol–water partition coefficient (Wildman–Crippen LogP) is 3.16. The van der Waals surface area contributed by atoms with Gasteiger partial charge in [0.05, 0.1) is 0 Å². The lowest BCUT2D eigenvalue weighted by molar-refractivity contribution is 0.112. The van der Waals surface area contributed by atoms with Crippen molar-refractivity contribution in [1.82, 2.24) is 10.2 Å². The second-order valence-electron chi connectivity index (χ2n) is 2.61. The summed E-state index contributed by atoms with van der Waals surface area (Å²) in [6, 6.07) is 5.13. The number of carbonyl (C=O) groups excluding carboxylic acids is 1. The van der Waals surface area contributed by atoms with E-state index in [1.165, 1.54) is 23.1 Å². The summed E-state index contributed by atoms with van der Waals surface area (Å²) >= 11 is 8.67. The molecule has 0 aliphatic heterocycles. The Morgan fingerprint density at radius 2 is 2.33 bits per heavy atom. The molecule has 0 N–H and O–H groups in total. The van der Waals surface area contributed by atoms with Gasteiger partial charge < -0.3 is 0 Å². The Kier molecular flexibility index (Phi) is 3.35. The molecule has 1 heterocycles. The lowest BCUT2D eigenvalue weighted by Crippen LogP contribution is -1.84. The van der Waals surface area contributed by atoms with Crippen LogP contribution in [0.25, 0.3) is 0 Å². The van der Waals surface area contributed by atoms with E-state index in [2.05, 4.69) is 10.2 Å². The Morgan fingerprint density at radius 3 is 3.00 bits per heavy atom. The minimum atomic E-state index is 0.604. The Hall–Kier alpha value is -0.910. The standard InChI is InChI=1S/C9H5ClN2OS2/c10-7-2-1-6(4-13)8(3-7)15-9-12-11-5-14-9/h1-5H. The summed E-state index contributed by atoms with van der Waals surface area (Å²) < 4.78 is 0.792. The van der Waals surface area contributed by atoms with Crippen LogP contribution in [0.15, 0.2) is 32.9 Å². The van der Waals surface area contributed by atoms with E-state index < -0.39 is 0 Å². The highest BCUT2D eigenvalue weighted by atomic mass is 35.5. The molecule has 0 aliphatic carbocycles. The van der Waals surface area contributed by atoms with Gasteiger partial charge >= 0.3 is 0 Å². The van der Waals surface area contributed by atoms with Crippen LogP contribution in [0, 0.1) is 0 Å². The van der Waals surface area contributed by atoms with Crippen LogP contribution in [0.2, 0.25) is 5.02 Å². The van der Waals surface area contributed by atoms with Gasteiger partial charge in [0.15, 0.2) is 10.6 Å². The first kappa shape index (κ1) is 10.6. The van der Waals surface area contributed by atoms with E-state index in [-0.39, 0.29) is 0 Å². The second kappa shape index (κ2) is 4.74. The van der Waals surface area contributed by atoms with E-state index >= 15 is 0 Å². The SMILES string of the molecule is O=Cc1ccc(Cl)cc1Sc1nncs1. The fraction of sp³-hybridized carbons (Fsp3) is 0. The largest absolute Gasteiger partial charge is 0.298 e. The number of nitrogens with zero attached hydrogens (tertiary/aromatic N) is 2. The van der Waals surface area contributed by atoms with E-state index in [4.69, 9.17) is 11.6 Å². The maximum absolute atomic E-state index is 10.8. The third kappa shape index (κ3) is 2.56. The van der Waals surface area contributed by atoms with E-state index in [0.717, 1.165) is 15.5 Å². The predicted molar refractivity (Wildman–Crippen MR) is 60.9 cm³/mol. The van der Waals surface area contributed by atoms with Crippen molar-refractivity contribution in [2.45, 2.75) is 9.24 Å². The van der Waals surface area contributed by atoms with Gasteiger partial charge in [-0.15, -0.1) is 10.2 Å². The maximum atomic E-state index is 10.8. The van der Waals surface area contributed by atoms with E-state index in [0.29, 0.717) is 10.6 Å². The third-order valence-corrected chi connectivity index (χ3v) is 3.73. The highest BCUT2D eigenvalue weighted by Gasteiger charge is 2.06. The Bertz CT molecular complexity index is 473. The van der Waals surface area contributed by atoms with Gasteiger partial charge in [-0.05, 0) is 18.2 Å². The van der Waals surface area contributed by atoms with Gasteiger partial charge in [0.2, 0.25) is 0 Å². The molecule has 0 fully saturated rings. The zero-order valence-corrected chi connectivity index (χ0v) is 9.77. The summed E-state index contributed by atoms with van der Waals surface area (Å²) in [4.78, 5) is 11.6. The molecule has 0 radical (unpaired) electrons. The van der Waals surface area contributed by atoms with E-state index in [9.17, 15) is 4.79 Å². The molecular formula is C9H5ClN2OS2. The molecule has 0 spiro atoms. The van der Waals surface area contributed by atoms with Crippen LogP contribution in [0.3, 0.4) is 0 Å². The van der Waals surface area contributed by atoms with Crippen molar-refractivity contribution in [2.24, 2.45) is 0 Å². The van der Waals surface area contributed by atoms with Crippen molar-refractivity contribution >= 4 is 41.0 Å². The molecule has 1 aromatic heterocycles. The first-order valence-corrected chi connectivity index (χ1v) is 6.06. The van der Waals surface area contributed by atoms with Crippen LogP contribution in [0.5, 0.6) is 0 Å². The maximum Gasteiger partial charge on any atom is 0.178 e. The summed E-state index contributed by atoms with van der Waals surface area (Å²) in [5.74, 6) is 0. The molecule has 76 valence electrons. The normalized spacial score (nSPS) is 10.2. The molecule has 3 nitrogen and oxygen atoms in total. The molecule has 0 amide bonds. The number of halogens is 1. The molecule has 15 heavy (non-hydrogen) atoms. The van der Waals surface area contributed by atoms with Gasteiger partial charge in [0.1, 0.15) is 5.51 Å². The van der Waals surface area contributed by atoms with Crippen LogP contribution >= 0.6 is 34.7 Å².